The molecule has 0 bridgehead atoms. The first kappa shape index (κ1) is 64.7. The van der Waals surface area contributed by atoms with Crippen molar-refractivity contribution in [2.75, 3.05) is 34.8 Å². The summed E-state index contributed by atoms with van der Waals surface area (Å²) in [5.74, 6) is -1.87. The fourth-order valence-corrected chi connectivity index (χ4v) is 16.3. The van der Waals surface area contributed by atoms with Gasteiger partial charge in [-0.2, -0.15) is 5.10 Å². The van der Waals surface area contributed by atoms with Gasteiger partial charge >= 0.3 is 0 Å². The van der Waals surface area contributed by atoms with E-state index in [1.807, 2.05) is 130 Å². The van der Waals surface area contributed by atoms with E-state index in [2.05, 4.69) is 35.5 Å². The number of aryl methyl sites for hydroxylation is 1. The number of carbonyl (C=O) groups excluding carboxylic acids is 5. The number of piperidine rings is 1. The number of hydrogen-bond acceptors (Lipinski definition) is 16. The molecule has 4 aromatic carbocycles. The van der Waals surface area contributed by atoms with E-state index < -0.39 is 51.4 Å². The lowest BCUT2D eigenvalue weighted by molar-refractivity contribution is -0.144. The molecule has 0 spiro atoms. The van der Waals surface area contributed by atoms with Crippen LogP contribution in [0, 0.1) is 31.1 Å². The number of pyridine rings is 1. The molecule has 4 aromatic heterocycles. The van der Waals surface area contributed by atoms with Crippen molar-refractivity contribution in [1.29, 1.82) is 0 Å². The monoisotopic (exact) mass is 1310 g/mol. The molecule has 2 saturated heterocycles. The Morgan fingerprint density at radius 1 is 0.806 bits per heavy atom. The van der Waals surface area contributed by atoms with E-state index in [9.17, 15) is 37.5 Å². The van der Waals surface area contributed by atoms with Gasteiger partial charge in [0.2, 0.25) is 17.7 Å². The molecule has 20 nitrogen and oxygen atoms in total. The number of aromatic nitrogens is 5. The predicted octanol–water partition coefficient (Wildman–Crippen LogP) is 10.8. The SMILES string of the molecule is Cc1ncsc1-c1ccc([C@H](C)NC(=O)[C@@H]2C[C@@H](O)CN2C(=O)[C@@H](NC(=O)C2CCN(c3ccc(S(=O)(=O)NC(=O)c4nc(N5CCc6cccc(C(=O)Nc7nc8ccccc8s7)c6C5)ccc4-c4cnn(CC5CCCCC5)c4C)cc3)C(C)C2)C(C)(C)C)cc1. The average molecular weight is 1310 g/mol. The number of para-hydroxylation sites is 1. The summed E-state index contributed by atoms with van der Waals surface area (Å²) in [6.07, 6.45) is 8.14. The first-order chi connectivity index (χ1) is 44.6. The molecule has 4 aliphatic rings. The van der Waals surface area contributed by atoms with Crippen molar-refractivity contribution in [2.24, 2.45) is 17.3 Å². The number of benzene rings is 4. The van der Waals surface area contributed by atoms with E-state index in [1.54, 1.807) is 41.8 Å². The molecule has 5 amide bonds. The Kier molecular flexibility index (Phi) is 18.7. The third-order valence-corrected chi connectivity index (χ3v) is 22.3. The largest absolute Gasteiger partial charge is 0.391 e. The first-order valence-corrected chi connectivity index (χ1v) is 35.3. The zero-order valence-corrected chi connectivity index (χ0v) is 56.0. The van der Waals surface area contributed by atoms with Gasteiger partial charge < -0.3 is 30.4 Å². The van der Waals surface area contributed by atoms with Gasteiger partial charge in [-0.05, 0) is 148 Å². The van der Waals surface area contributed by atoms with Crippen LogP contribution in [-0.2, 0) is 43.9 Å². The summed E-state index contributed by atoms with van der Waals surface area (Å²) < 4.78 is 34.1. The van der Waals surface area contributed by atoms with Crippen molar-refractivity contribution in [2.45, 2.75) is 155 Å². The topological polar surface area (TPSA) is 254 Å². The molecule has 12 rings (SSSR count). The molecule has 0 radical (unpaired) electrons. The minimum Gasteiger partial charge on any atom is -0.391 e. The predicted molar refractivity (Wildman–Crippen MR) is 363 cm³/mol. The summed E-state index contributed by atoms with van der Waals surface area (Å²) in [5, 5.41) is 25.3. The second-order valence-corrected chi connectivity index (χ2v) is 30.0. The molecule has 6 atom stereocenters. The number of anilines is 3. The lowest BCUT2D eigenvalue weighted by atomic mass is 9.84. The number of sulfonamides is 1. The minimum absolute atomic E-state index is 0.0494. The third kappa shape index (κ3) is 14.0. The normalized spacial score (nSPS) is 19.4. The van der Waals surface area contributed by atoms with Gasteiger partial charge in [0.05, 0.1) is 49.5 Å². The summed E-state index contributed by atoms with van der Waals surface area (Å²) in [7, 11) is -4.48. The summed E-state index contributed by atoms with van der Waals surface area (Å²) in [6, 6.07) is 28.7. The number of aliphatic hydroxyl groups is 1. The molecule has 93 heavy (non-hydrogen) atoms. The van der Waals surface area contributed by atoms with Crippen LogP contribution in [0.1, 0.15) is 141 Å². The number of hydrogen-bond donors (Lipinski definition) is 5. The maximum atomic E-state index is 14.8. The zero-order chi connectivity index (χ0) is 65.5. The number of thiazole rings is 2. The fraction of sp³-hybridized carbons (Fsp3) is 0.414. The number of amides is 5. The van der Waals surface area contributed by atoms with Crippen LogP contribution < -0.4 is 30.5 Å². The van der Waals surface area contributed by atoms with E-state index in [1.165, 1.54) is 47.6 Å². The van der Waals surface area contributed by atoms with Gasteiger partial charge in [-0.15, -0.1) is 11.3 Å². The summed E-state index contributed by atoms with van der Waals surface area (Å²) >= 11 is 2.97. The van der Waals surface area contributed by atoms with E-state index in [0.717, 1.165) is 73.8 Å². The molecule has 1 aliphatic carbocycles. The highest BCUT2D eigenvalue weighted by Crippen LogP contribution is 2.37. The number of carbonyl (C=O) groups is 5. The molecule has 3 fully saturated rings. The Morgan fingerprint density at radius 3 is 2.29 bits per heavy atom. The van der Waals surface area contributed by atoms with Crippen LogP contribution in [0.4, 0.5) is 16.6 Å². The van der Waals surface area contributed by atoms with Crippen LogP contribution in [0.15, 0.2) is 120 Å². The average Bonchev–Trinajstić information content (AvgIpc) is 1.85. The number of nitrogens with one attached hydrogen (secondary N) is 4. The van der Waals surface area contributed by atoms with Gasteiger partial charge in [0.1, 0.15) is 23.6 Å². The number of aliphatic hydroxyl groups excluding tert-OH is 1. The summed E-state index contributed by atoms with van der Waals surface area (Å²) in [4.78, 5) is 92.0. The Bertz CT molecular complexity index is 4200. The fourth-order valence-electron chi connectivity index (χ4n) is 13.7. The van der Waals surface area contributed by atoms with E-state index >= 15 is 0 Å². The molecule has 2 unspecified atom stereocenters. The van der Waals surface area contributed by atoms with Gasteiger partial charge in [-0.25, -0.2) is 28.1 Å². The van der Waals surface area contributed by atoms with Crippen molar-refractivity contribution >= 4 is 89.1 Å². The van der Waals surface area contributed by atoms with E-state index in [-0.39, 0.29) is 53.4 Å². The molecule has 1 saturated carbocycles. The van der Waals surface area contributed by atoms with Crippen LogP contribution in [0.2, 0.25) is 0 Å². The van der Waals surface area contributed by atoms with Gasteiger partial charge in [-0.3, -0.25) is 34.0 Å². The molecule has 3 aliphatic heterocycles. The summed E-state index contributed by atoms with van der Waals surface area (Å²) in [5.41, 5.74) is 9.61. The molecule has 23 heteroatoms. The van der Waals surface area contributed by atoms with Crippen molar-refractivity contribution < 1.29 is 37.5 Å². The van der Waals surface area contributed by atoms with Crippen molar-refractivity contribution in [3.8, 4) is 21.6 Å². The van der Waals surface area contributed by atoms with Gasteiger partial charge in [-0.1, -0.05) is 99.9 Å². The molecule has 8 aromatic rings. The van der Waals surface area contributed by atoms with Gasteiger partial charge in [0, 0.05) is 79.2 Å². The minimum atomic E-state index is -4.48. The number of β-amino-alcohol motifs (C(OH)–C–C–N with tert-alkyl or cyclic N) is 1. The smallest absolute Gasteiger partial charge is 0.284 e. The number of likely N-dealkylation sites (tertiary alicyclic amines) is 1. The van der Waals surface area contributed by atoms with Crippen molar-refractivity contribution in [3.63, 3.8) is 0 Å². The van der Waals surface area contributed by atoms with Gasteiger partial charge in [0.25, 0.3) is 21.8 Å². The highest BCUT2D eigenvalue weighted by atomic mass is 32.2. The second-order valence-electron chi connectivity index (χ2n) is 26.5. The quantitative estimate of drug-likeness (QED) is 0.0569. The number of nitrogens with zero attached hydrogens (tertiary/aromatic N) is 8. The second kappa shape index (κ2) is 26.9. The van der Waals surface area contributed by atoms with Crippen molar-refractivity contribution in [3.05, 3.63) is 154 Å². The standard InChI is InChI=1S/C70H80N12O8S3/c1-41-34-49(64(84)76-63(70(5,6)7)68(88)81-38-51(83)35-58(81)66(86)73-42(2)46-20-22-48(23-21-46)62-43(3)71-40-91-62)31-33-80(41)50-24-26-52(27-25-50)93(89,90)78-67(87)61-53(55-36-72-82(44(55)4)37-45-14-9-8-10-15-45)28-29-60(75-61)79-32-30-47-16-13-17-54(56(47)39-79)65(85)77-69-74-57-18-11-12-19-59(57)92-69/h11-13,16-29,36,40-42,45,49,51,58,63,83H,8-10,14-15,30-35,37-39H2,1-7H3,(H,73,86)(H,76,84)(H,78,87)(H,74,77,85)/t41?,42-,49?,51+,58-,63+/m0/s1. The Morgan fingerprint density at radius 2 is 1.57 bits per heavy atom. The molecule has 7 heterocycles. The third-order valence-electron chi connectivity index (χ3n) is 19.0. The van der Waals surface area contributed by atoms with Crippen LogP contribution in [0.3, 0.4) is 0 Å². The number of rotatable bonds is 17. The maximum Gasteiger partial charge on any atom is 0.284 e. The summed E-state index contributed by atoms with van der Waals surface area (Å²) in [6.45, 7) is 15.3. The maximum absolute atomic E-state index is 14.8. The van der Waals surface area contributed by atoms with Gasteiger partial charge in [0.15, 0.2) is 5.13 Å². The lowest BCUT2D eigenvalue weighted by Gasteiger charge is -2.40. The molecular weight excluding hydrogens is 1230 g/mol. The van der Waals surface area contributed by atoms with Crippen LogP contribution >= 0.6 is 22.7 Å². The highest BCUT2D eigenvalue weighted by molar-refractivity contribution is 7.90. The van der Waals surface area contributed by atoms with Crippen molar-refractivity contribution in [1.82, 2.24) is 45.0 Å². The van der Waals surface area contributed by atoms with E-state index in [0.29, 0.717) is 72.5 Å². The molecule has 486 valence electrons. The number of fused-ring (bicyclic) bond motifs is 2. The Hall–Kier alpha value is -8.38. The molecular formula is C70H80N12O8S3. The zero-order valence-electron chi connectivity index (χ0n) is 53.5. The molecule has 5 N–H and O–H groups in total. The van der Waals surface area contributed by atoms with Crippen LogP contribution in [0.5, 0.6) is 0 Å². The van der Waals surface area contributed by atoms with E-state index in [4.69, 9.17) is 10.1 Å². The Labute approximate surface area is 550 Å². The van der Waals surface area contributed by atoms with Crippen LogP contribution in [0.25, 0.3) is 31.8 Å². The first-order valence-electron chi connectivity index (χ1n) is 32.2. The van der Waals surface area contributed by atoms with Crippen LogP contribution in [-0.4, -0.2) is 117 Å². The lowest BCUT2D eigenvalue weighted by Crippen LogP contribution is -2.59. The highest BCUT2D eigenvalue weighted by Gasteiger charge is 2.46. The Balaban J connectivity index is 0.711.